The Bertz CT molecular complexity index is 1840. The normalized spacial score (nSPS) is 30.5. The van der Waals surface area contributed by atoms with Crippen LogP contribution < -0.4 is 22.1 Å². The van der Waals surface area contributed by atoms with Gasteiger partial charge >= 0.3 is 7.82 Å². The first-order valence-electron chi connectivity index (χ1n) is 22.3. The minimum absolute atomic E-state index is 0.0350. The summed E-state index contributed by atoms with van der Waals surface area (Å²) in [7, 11) is -1.37. The van der Waals surface area contributed by atoms with Gasteiger partial charge in [0.15, 0.2) is 34.3 Å². The second-order valence-electron chi connectivity index (χ2n) is 17.0. The minimum atomic E-state index is -4.58. The summed E-state index contributed by atoms with van der Waals surface area (Å²) in [6, 6.07) is -2.20. The first kappa shape index (κ1) is 48.8. The van der Waals surface area contributed by atoms with Crippen LogP contribution in [-0.2, 0) is 27.6 Å². The predicted molar refractivity (Wildman–Crippen MR) is 231 cm³/mol. The minimum Gasteiger partial charge on any atom is -0.387 e. The van der Waals surface area contributed by atoms with E-state index in [-0.39, 0.29) is 52.9 Å². The van der Waals surface area contributed by atoms with Crippen LogP contribution in [0.2, 0.25) is 0 Å². The summed E-state index contributed by atoms with van der Waals surface area (Å²) in [5.41, 5.74) is 7.88. The van der Waals surface area contributed by atoms with Gasteiger partial charge in [-0.2, -0.15) is 20.2 Å². The highest BCUT2D eigenvalue weighted by atomic mass is 31.2. The van der Waals surface area contributed by atoms with Crippen LogP contribution in [0.15, 0.2) is 20.5 Å². The van der Waals surface area contributed by atoms with Crippen molar-refractivity contribution >= 4 is 42.7 Å². The van der Waals surface area contributed by atoms with Crippen molar-refractivity contribution in [3.8, 4) is 0 Å². The maximum absolute atomic E-state index is 16.4. The number of phosphoric ester groups is 1. The fourth-order valence-corrected chi connectivity index (χ4v) is 9.73. The number of azo groups is 2. The molecule has 23 heteroatoms. The van der Waals surface area contributed by atoms with Crippen molar-refractivity contribution in [2.24, 2.45) is 20.5 Å². The molecule has 2 aromatic rings. The number of hydrogen-bond donors (Lipinski definition) is 6. The summed E-state index contributed by atoms with van der Waals surface area (Å²) < 4.78 is 76.4. The van der Waals surface area contributed by atoms with E-state index >= 15 is 8.78 Å². The molecule has 0 amide bonds. The molecule has 6 rings (SSSR count). The number of nitrogens with two attached hydrogens (primary N) is 2. The van der Waals surface area contributed by atoms with Gasteiger partial charge in [-0.25, -0.2) is 23.3 Å². The number of aromatic nitrogens is 4. The maximum Gasteiger partial charge on any atom is 0.474 e. The molecule has 10 atom stereocenters. The highest BCUT2D eigenvalue weighted by Gasteiger charge is 2.60. The number of fused-ring (bicyclic) bond motifs is 2. The number of hydrogen-bond acceptors (Lipinski definition) is 20. The topological polar surface area (TPSA) is 281 Å². The molecule has 4 aliphatic rings. The van der Waals surface area contributed by atoms with E-state index in [0.29, 0.717) is 6.42 Å². The van der Waals surface area contributed by atoms with Crippen LogP contribution in [0.4, 0.5) is 43.7 Å². The largest absolute Gasteiger partial charge is 0.474 e. The van der Waals surface area contributed by atoms with Gasteiger partial charge in [0.25, 0.3) is 0 Å². The van der Waals surface area contributed by atoms with E-state index in [1.54, 1.807) is 14.1 Å². The number of rotatable bonds is 26. The number of anilines is 4. The molecule has 0 aromatic carbocycles. The molecule has 8 N–H and O–H groups in total. The molecule has 2 fully saturated rings. The molecule has 0 radical (unpaired) electrons. The van der Waals surface area contributed by atoms with Crippen molar-refractivity contribution in [1.82, 2.24) is 19.9 Å². The van der Waals surface area contributed by atoms with Crippen molar-refractivity contribution in [3.63, 3.8) is 0 Å². The molecule has 20 nitrogen and oxygen atoms in total. The molecule has 0 bridgehead atoms. The quantitative estimate of drug-likeness (QED) is 0.0387. The Morgan fingerprint density at radius 3 is 1.41 bits per heavy atom. The number of aliphatic hydroxyl groups is 2. The average Bonchev–Trinajstić information content (AvgIpc) is 3.98. The lowest BCUT2D eigenvalue weighted by molar-refractivity contribution is -0.0472. The molecular weight excluding hydrogens is 845 g/mol. The van der Waals surface area contributed by atoms with E-state index in [1.807, 2.05) is 0 Å². The Balaban J connectivity index is 1.07. The SMILES string of the molecule is CCCCCCCCCCCCCCCCOP(=O)(OCC1OC(C2N=Nc3c(NC)nc(N)nc32)C(C)(F)C1O)OCC1OC(C2N=Nc3c(NC)nc(N)nc32)C(C)(F)C1O. The first-order valence-corrected chi connectivity index (χ1v) is 23.7. The smallest absolute Gasteiger partial charge is 0.387 e. The van der Waals surface area contributed by atoms with E-state index in [2.05, 4.69) is 58.0 Å². The predicted octanol–water partition coefficient (Wildman–Crippen LogP) is 7.84. The van der Waals surface area contributed by atoms with Gasteiger partial charge in [0.05, 0.1) is 19.8 Å². The second-order valence-corrected chi connectivity index (χ2v) is 18.7. The lowest BCUT2D eigenvalue weighted by atomic mass is 9.89. The Labute approximate surface area is 367 Å². The highest BCUT2D eigenvalue weighted by Crippen LogP contribution is 2.54. The third-order valence-corrected chi connectivity index (χ3v) is 13.6. The lowest BCUT2D eigenvalue weighted by Crippen LogP contribution is -2.44. The molecule has 0 aliphatic carbocycles. The van der Waals surface area contributed by atoms with Crippen LogP contribution in [-0.4, -0.2) is 112 Å². The van der Waals surface area contributed by atoms with E-state index in [0.717, 1.165) is 39.5 Å². The summed E-state index contributed by atoms with van der Waals surface area (Å²) in [5, 5.41) is 44.7. The molecule has 10 unspecified atom stereocenters. The van der Waals surface area contributed by atoms with E-state index in [4.69, 9.17) is 34.5 Å². The van der Waals surface area contributed by atoms with Crippen LogP contribution in [0.3, 0.4) is 0 Å². The number of nitrogen functional groups attached to an aromatic ring is 2. The summed E-state index contributed by atoms with van der Waals surface area (Å²) in [4.78, 5) is 16.6. The number of halogens is 2. The number of aliphatic hydroxyl groups excluding tert-OH is 2. The van der Waals surface area contributed by atoms with Gasteiger partial charge in [-0.05, 0) is 20.3 Å². The Morgan fingerprint density at radius 1 is 0.651 bits per heavy atom. The van der Waals surface area contributed by atoms with Crippen molar-refractivity contribution in [3.05, 3.63) is 11.4 Å². The van der Waals surface area contributed by atoms with Crippen molar-refractivity contribution in [2.45, 2.75) is 171 Å². The standard InChI is InChI=1S/C40H65F2N12O8P/c1-6-7-8-9-10-11-12-13-14-15-16-17-18-19-20-58-63(57,59-21-23-31(55)39(2,41)33(61-23)27-25-29(53-51-27)35(45-4)49-37(43)47-25)60-22-24-32(56)40(3,42)34(62-24)28-26-30(54-52-28)36(46-5)50-38(44)48-26/h23-24,27-28,31-34,55-56H,6-22H2,1-5H3,(H3,43,45,47,49)(H3,44,46,48,50). The van der Waals surface area contributed by atoms with Crippen molar-refractivity contribution in [1.29, 1.82) is 0 Å². The summed E-state index contributed by atoms with van der Waals surface area (Å²) in [5.74, 6) is 0.370. The Hall–Kier alpha value is -3.63. The van der Waals surface area contributed by atoms with Gasteiger partial charge in [0.2, 0.25) is 11.9 Å². The van der Waals surface area contributed by atoms with E-state index in [1.165, 1.54) is 57.8 Å². The van der Waals surface area contributed by atoms with Gasteiger partial charge in [0, 0.05) is 14.1 Å². The number of phosphoric acid groups is 1. The van der Waals surface area contributed by atoms with Crippen molar-refractivity contribution < 1.29 is 46.6 Å². The van der Waals surface area contributed by atoms with Crippen LogP contribution in [0.5, 0.6) is 0 Å². The monoisotopic (exact) mass is 910 g/mol. The fraction of sp³-hybridized carbons (Fsp3) is 0.800. The highest BCUT2D eigenvalue weighted by molar-refractivity contribution is 7.48. The van der Waals surface area contributed by atoms with E-state index < -0.39 is 81.1 Å². The molecule has 2 aromatic heterocycles. The third-order valence-electron chi connectivity index (χ3n) is 12.2. The maximum atomic E-state index is 16.4. The molecule has 352 valence electrons. The molecule has 4 aliphatic heterocycles. The van der Waals surface area contributed by atoms with Gasteiger partial charge in [-0.15, -0.1) is 10.2 Å². The zero-order valence-corrected chi connectivity index (χ0v) is 37.8. The van der Waals surface area contributed by atoms with Crippen LogP contribution in [0.1, 0.15) is 134 Å². The summed E-state index contributed by atoms with van der Waals surface area (Å²) in [6.45, 7) is 3.19. The number of nitrogens with one attached hydrogen (secondary N) is 2. The van der Waals surface area contributed by atoms with Crippen LogP contribution >= 0.6 is 7.82 Å². The number of unbranched alkanes of at least 4 members (excludes halogenated alkanes) is 13. The van der Waals surface area contributed by atoms with Gasteiger partial charge in [0.1, 0.15) is 60.1 Å². The van der Waals surface area contributed by atoms with Crippen LogP contribution in [0, 0.1) is 0 Å². The summed E-state index contributed by atoms with van der Waals surface area (Å²) >= 11 is 0. The van der Waals surface area contributed by atoms with Gasteiger partial charge in [-0.1, -0.05) is 90.4 Å². The number of alkyl halides is 2. The first-order chi connectivity index (χ1) is 30.1. The zero-order valence-electron chi connectivity index (χ0n) is 36.9. The Kier molecular flexibility index (Phi) is 16.7. The van der Waals surface area contributed by atoms with Crippen molar-refractivity contribution in [2.75, 3.05) is 56.0 Å². The zero-order chi connectivity index (χ0) is 45.4. The third kappa shape index (κ3) is 11.3. The van der Waals surface area contributed by atoms with E-state index in [9.17, 15) is 14.8 Å². The number of ether oxygens (including phenoxy) is 2. The summed E-state index contributed by atoms with van der Waals surface area (Å²) in [6.07, 6.45) is 6.78. The molecule has 0 saturated carbocycles. The average molecular weight is 911 g/mol. The fourth-order valence-electron chi connectivity index (χ4n) is 8.49. The van der Waals surface area contributed by atoms with Gasteiger partial charge < -0.3 is 41.8 Å². The number of nitrogens with zero attached hydrogens (tertiary/aromatic N) is 8. The van der Waals surface area contributed by atoms with Crippen LogP contribution in [0.25, 0.3) is 0 Å². The molecule has 6 heterocycles. The lowest BCUT2D eigenvalue weighted by Gasteiger charge is -2.26. The molecular formula is C40H65F2N12O8P. The molecule has 63 heavy (non-hydrogen) atoms. The Morgan fingerprint density at radius 2 is 1.03 bits per heavy atom. The van der Waals surface area contributed by atoms with Gasteiger partial charge in [-0.3, -0.25) is 13.6 Å². The molecule has 0 spiro atoms. The second kappa shape index (κ2) is 21.6. The molecule has 2 saturated heterocycles.